The molecule has 2 fully saturated rings. The van der Waals surface area contributed by atoms with Crippen LogP contribution in [0.2, 0.25) is 0 Å². The van der Waals surface area contributed by atoms with Gasteiger partial charge in [-0.3, -0.25) is 0 Å². The summed E-state index contributed by atoms with van der Waals surface area (Å²) >= 11 is 0. The number of ether oxygens (including phenoxy) is 1. The number of halogens is 1. The van der Waals surface area contributed by atoms with Crippen LogP contribution in [0.1, 0.15) is 33.6 Å². The molecule has 1 saturated carbocycles. The molecule has 1 aliphatic heterocycles. The highest BCUT2D eigenvalue weighted by Crippen LogP contribution is 2.33. The molecule has 1 heterocycles. The lowest BCUT2D eigenvalue weighted by atomic mass is 10.00. The molecule has 2 rings (SSSR count). The minimum atomic E-state index is -0.407. The first-order valence-corrected chi connectivity index (χ1v) is 6.14. The molecule has 100 valence electrons. The molecule has 0 aromatic heterocycles. The molecule has 4 nitrogen and oxygen atoms in total. The fourth-order valence-electron chi connectivity index (χ4n) is 2.74. The Labute approximate surface area is 109 Å². The van der Waals surface area contributed by atoms with E-state index in [2.05, 4.69) is 10.6 Å². The molecule has 5 heteroatoms. The summed E-state index contributed by atoms with van der Waals surface area (Å²) < 4.78 is 5.28. The third-order valence-electron chi connectivity index (χ3n) is 3.33. The van der Waals surface area contributed by atoms with E-state index in [1.165, 1.54) is 6.42 Å². The van der Waals surface area contributed by atoms with Gasteiger partial charge in [-0.25, -0.2) is 4.79 Å². The molecule has 3 atom stereocenters. The second kappa shape index (κ2) is 5.44. The number of piperidine rings is 1. The molecule has 0 aromatic carbocycles. The molecule has 2 aliphatic rings. The van der Waals surface area contributed by atoms with Gasteiger partial charge in [-0.2, -0.15) is 0 Å². The summed E-state index contributed by atoms with van der Waals surface area (Å²) in [6.45, 7) is 7.80. The van der Waals surface area contributed by atoms with Crippen LogP contribution in [0.15, 0.2) is 0 Å². The summed E-state index contributed by atoms with van der Waals surface area (Å²) in [7, 11) is 0. The molecular formula is C12H23ClN2O2. The lowest BCUT2D eigenvalue weighted by Crippen LogP contribution is -2.43. The standard InChI is InChI=1S/C12H22N2O2.ClH/c1-12(2,3)16-11(15)14-10-5-8-4-9(10)7-13-6-8;/h8-10,13H,4-7H2,1-3H3,(H,14,15);1H. The fourth-order valence-corrected chi connectivity index (χ4v) is 2.74. The summed E-state index contributed by atoms with van der Waals surface area (Å²) in [5.74, 6) is 1.32. The molecule has 0 radical (unpaired) electrons. The molecule has 0 aromatic rings. The summed E-state index contributed by atoms with van der Waals surface area (Å²) in [5.41, 5.74) is -0.407. The Hall–Kier alpha value is -0.480. The van der Waals surface area contributed by atoms with Crippen molar-refractivity contribution in [3.05, 3.63) is 0 Å². The second-order valence-corrected chi connectivity index (χ2v) is 6.01. The monoisotopic (exact) mass is 262 g/mol. The molecular weight excluding hydrogens is 240 g/mol. The third-order valence-corrected chi connectivity index (χ3v) is 3.33. The van der Waals surface area contributed by atoms with E-state index < -0.39 is 5.60 Å². The van der Waals surface area contributed by atoms with Gasteiger partial charge in [0.05, 0.1) is 0 Å². The lowest BCUT2D eigenvalue weighted by molar-refractivity contribution is 0.0494. The van der Waals surface area contributed by atoms with Crippen LogP contribution >= 0.6 is 12.4 Å². The van der Waals surface area contributed by atoms with Crippen molar-refractivity contribution in [3.8, 4) is 0 Å². The van der Waals surface area contributed by atoms with Gasteiger partial charge in [-0.15, -0.1) is 12.4 Å². The van der Waals surface area contributed by atoms with Gasteiger partial charge in [0.15, 0.2) is 0 Å². The summed E-state index contributed by atoms with van der Waals surface area (Å²) in [4.78, 5) is 11.6. The van der Waals surface area contributed by atoms with Crippen LogP contribution < -0.4 is 10.6 Å². The Kier molecular flexibility index (Phi) is 4.67. The van der Waals surface area contributed by atoms with Crippen molar-refractivity contribution in [3.63, 3.8) is 0 Å². The first-order valence-electron chi connectivity index (χ1n) is 6.14. The number of carbonyl (C=O) groups excluding carboxylic acids is 1. The van der Waals surface area contributed by atoms with Gasteiger partial charge in [0.2, 0.25) is 0 Å². The van der Waals surface area contributed by atoms with Crippen molar-refractivity contribution < 1.29 is 9.53 Å². The molecule has 17 heavy (non-hydrogen) atoms. The smallest absolute Gasteiger partial charge is 0.407 e. The van der Waals surface area contributed by atoms with Crippen molar-refractivity contribution in [2.75, 3.05) is 13.1 Å². The zero-order valence-electron chi connectivity index (χ0n) is 10.8. The van der Waals surface area contributed by atoms with Crippen LogP contribution in [0.4, 0.5) is 4.79 Å². The number of nitrogens with one attached hydrogen (secondary N) is 2. The average molecular weight is 263 g/mol. The van der Waals surface area contributed by atoms with Crippen LogP contribution in [0.25, 0.3) is 0 Å². The van der Waals surface area contributed by atoms with Crippen molar-refractivity contribution >= 4 is 18.5 Å². The highest BCUT2D eigenvalue weighted by molar-refractivity contribution is 5.85. The van der Waals surface area contributed by atoms with Gasteiger partial charge in [0.1, 0.15) is 5.60 Å². The Morgan fingerprint density at radius 3 is 2.59 bits per heavy atom. The highest BCUT2D eigenvalue weighted by Gasteiger charge is 2.38. The number of hydrogen-bond acceptors (Lipinski definition) is 3. The van der Waals surface area contributed by atoms with E-state index in [1.807, 2.05) is 20.8 Å². The predicted molar refractivity (Wildman–Crippen MR) is 69.5 cm³/mol. The van der Waals surface area contributed by atoms with Crippen molar-refractivity contribution in [2.24, 2.45) is 11.8 Å². The highest BCUT2D eigenvalue weighted by atomic mass is 35.5. The van der Waals surface area contributed by atoms with E-state index in [0.717, 1.165) is 25.4 Å². The number of carbonyl (C=O) groups is 1. The number of hydrogen-bond donors (Lipinski definition) is 2. The molecule has 3 unspecified atom stereocenters. The number of rotatable bonds is 1. The number of alkyl carbamates (subject to hydrolysis) is 1. The van der Waals surface area contributed by atoms with E-state index in [1.54, 1.807) is 0 Å². The van der Waals surface area contributed by atoms with Crippen LogP contribution in [-0.4, -0.2) is 30.8 Å². The van der Waals surface area contributed by atoms with Gasteiger partial charge in [-0.1, -0.05) is 0 Å². The maximum Gasteiger partial charge on any atom is 0.407 e. The maximum absolute atomic E-state index is 11.6. The van der Waals surface area contributed by atoms with Gasteiger partial charge in [0, 0.05) is 6.04 Å². The zero-order valence-corrected chi connectivity index (χ0v) is 11.6. The van der Waals surface area contributed by atoms with Gasteiger partial charge < -0.3 is 15.4 Å². The van der Waals surface area contributed by atoms with E-state index >= 15 is 0 Å². The van der Waals surface area contributed by atoms with Crippen LogP contribution in [0.3, 0.4) is 0 Å². The topological polar surface area (TPSA) is 50.4 Å². The normalized spacial score (nSPS) is 31.6. The van der Waals surface area contributed by atoms with E-state index in [4.69, 9.17) is 4.74 Å². The molecule has 0 spiro atoms. The fraction of sp³-hybridized carbons (Fsp3) is 0.917. The first kappa shape index (κ1) is 14.6. The van der Waals surface area contributed by atoms with Crippen LogP contribution in [-0.2, 0) is 4.74 Å². The molecule has 2 N–H and O–H groups in total. The van der Waals surface area contributed by atoms with Gasteiger partial charge >= 0.3 is 6.09 Å². The second-order valence-electron chi connectivity index (χ2n) is 6.01. The molecule has 1 amide bonds. The van der Waals surface area contributed by atoms with E-state index in [9.17, 15) is 4.79 Å². The van der Waals surface area contributed by atoms with Gasteiger partial charge in [-0.05, 0) is 58.5 Å². The lowest BCUT2D eigenvalue weighted by Gasteiger charge is -2.25. The SMILES string of the molecule is CC(C)(C)OC(=O)NC1CC2CNCC1C2.Cl. The van der Waals surface area contributed by atoms with E-state index in [-0.39, 0.29) is 18.5 Å². The summed E-state index contributed by atoms with van der Waals surface area (Å²) in [5, 5.41) is 6.41. The first-order chi connectivity index (χ1) is 7.44. The zero-order chi connectivity index (χ0) is 11.8. The molecule has 1 aliphatic carbocycles. The average Bonchev–Trinajstić information content (AvgIpc) is 2.38. The summed E-state index contributed by atoms with van der Waals surface area (Å²) in [6, 6.07) is 0.301. The van der Waals surface area contributed by atoms with E-state index in [0.29, 0.717) is 12.0 Å². The van der Waals surface area contributed by atoms with Crippen LogP contribution in [0, 0.1) is 11.8 Å². The Bertz CT molecular complexity index is 278. The minimum Gasteiger partial charge on any atom is -0.444 e. The van der Waals surface area contributed by atoms with Crippen molar-refractivity contribution in [1.29, 1.82) is 0 Å². The van der Waals surface area contributed by atoms with Crippen molar-refractivity contribution in [1.82, 2.24) is 10.6 Å². The number of fused-ring (bicyclic) bond motifs is 2. The predicted octanol–water partition coefficient (Wildman–Crippen LogP) is 1.93. The Morgan fingerprint density at radius 2 is 2.00 bits per heavy atom. The maximum atomic E-state index is 11.6. The summed E-state index contributed by atoms with van der Waals surface area (Å²) in [6.07, 6.45) is 2.06. The minimum absolute atomic E-state index is 0. The largest absolute Gasteiger partial charge is 0.444 e. The Balaban J connectivity index is 0.00000144. The number of amides is 1. The molecule has 1 saturated heterocycles. The molecule has 2 bridgehead atoms. The van der Waals surface area contributed by atoms with Crippen LogP contribution in [0.5, 0.6) is 0 Å². The van der Waals surface area contributed by atoms with Crippen molar-refractivity contribution in [2.45, 2.75) is 45.3 Å². The third kappa shape index (κ3) is 4.03. The van der Waals surface area contributed by atoms with Gasteiger partial charge in [0.25, 0.3) is 0 Å². The quantitative estimate of drug-likeness (QED) is 0.759. The Morgan fingerprint density at radius 1 is 1.29 bits per heavy atom.